The van der Waals surface area contributed by atoms with Gasteiger partial charge in [0, 0.05) is 13.1 Å². The minimum atomic E-state index is -0.827. The fourth-order valence-corrected chi connectivity index (χ4v) is 4.39. The van der Waals surface area contributed by atoms with Gasteiger partial charge in [0.05, 0.1) is 17.9 Å². The van der Waals surface area contributed by atoms with Crippen LogP contribution in [0.2, 0.25) is 0 Å². The van der Waals surface area contributed by atoms with Crippen LogP contribution in [0.4, 0.5) is 0 Å². The van der Waals surface area contributed by atoms with Crippen LogP contribution in [0, 0.1) is 5.92 Å². The lowest BCUT2D eigenvalue weighted by molar-refractivity contribution is -0.146. The highest BCUT2D eigenvalue weighted by Crippen LogP contribution is 2.33. The molecule has 2 fully saturated rings. The Kier molecular flexibility index (Phi) is 6.35. The van der Waals surface area contributed by atoms with E-state index in [-0.39, 0.29) is 18.4 Å². The average Bonchev–Trinajstić information content (AvgIpc) is 2.95. The third-order valence-electron chi connectivity index (χ3n) is 4.76. The summed E-state index contributed by atoms with van der Waals surface area (Å²) in [6.07, 6.45) is 2.58. The summed E-state index contributed by atoms with van der Waals surface area (Å²) in [5, 5.41) is 9.06. The van der Waals surface area contributed by atoms with E-state index in [0.29, 0.717) is 40.9 Å². The number of likely N-dealkylation sites (tertiary alicyclic amines) is 1. The van der Waals surface area contributed by atoms with E-state index in [9.17, 15) is 14.4 Å². The van der Waals surface area contributed by atoms with Gasteiger partial charge in [0.15, 0.2) is 0 Å². The summed E-state index contributed by atoms with van der Waals surface area (Å²) >= 11 is 6.45. The van der Waals surface area contributed by atoms with Crippen molar-refractivity contribution in [1.82, 2.24) is 9.80 Å². The second-order valence-electron chi connectivity index (χ2n) is 6.54. The molecule has 28 heavy (non-hydrogen) atoms. The molecule has 0 aliphatic carbocycles. The van der Waals surface area contributed by atoms with E-state index in [1.807, 2.05) is 24.3 Å². The van der Waals surface area contributed by atoms with Gasteiger partial charge >= 0.3 is 5.97 Å². The zero-order chi connectivity index (χ0) is 20.3. The number of thiocarbonyl (C=S) groups is 1. The third-order valence-corrected chi connectivity index (χ3v) is 6.13. The Morgan fingerprint density at radius 3 is 2.71 bits per heavy atom. The molecule has 2 heterocycles. The molecule has 7 nitrogen and oxygen atoms in total. The van der Waals surface area contributed by atoms with Gasteiger partial charge in [-0.3, -0.25) is 19.3 Å². The number of hydrogen-bond donors (Lipinski definition) is 1. The summed E-state index contributed by atoms with van der Waals surface area (Å²) in [5.74, 6) is -1.07. The SMILES string of the molecule is COc1cccc(C=C2SC(=S)N(CC(=O)N3CCC(C(=O)O)CC3)C2=O)c1. The molecule has 2 aliphatic heterocycles. The fraction of sp³-hybridized carbons (Fsp3) is 0.368. The van der Waals surface area contributed by atoms with Gasteiger partial charge in [-0.2, -0.15) is 0 Å². The number of thioether (sulfide) groups is 1. The van der Waals surface area contributed by atoms with Crippen molar-refractivity contribution in [3.8, 4) is 5.75 Å². The molecule has 1 N–H and O–H groups in total. The van der Waals surface area contributed by atoms with E-state index in [2.05, 4.69) is 0 Å². The Labute approximate surface area is 172 Å². The molecule has 0 spiro atoms. The van der Waals surface area contributed by atoms with Crippen LogP contribution >= 0.6 is 24.0 Å². The number of carbonyl (C=O) groups excluding carboxylic acids is 2. The molecule has 148 valence electrons. The number of rotatable bonds is 5. The number of amides is 2. The van der Waals surface area contributed by atoms with Crippen LogP contribution in [0.15, 0.2) is 29.2 Å². The Morgan fingerprint density at radius 2 is 2.07 bits per heavy atom. The van der Waals surface area contributed by atoms with Crippen molar-refractivity contribution in [1.29, 1.82) is 0 Å². The Balaban J connectivity index is 1.64. The number of carboxylic acid groups (broad SMARTS) is 1. The van der Waals surface area contributed by atoms with Crippen molar-refractivity contribution in [3.63, 3.8) is 0 Å². The molecule has 2 amide bonds. The zero-order valence-corrected chi connectivity index (χ0v) is 16.9. The Hall–Kier alpha value is -2.39. The van der Waals surface area contributed by atoms with Gasteiger partial charge in [-0.1, -0.05) is 36.1 Å². The topological polar surface area (TPSA) is 87.2 Å². The molecule has 0 radical (unpaired) electrons. The van der Waals surface area contributed by atoms with E-state index in [1.165, 1.54) is 4.90 Å². The van der Waals surface area contributed by atoms with Crippen LogP contribution in [-0.2, 0) is 14.4 Å². The molecule has 1 aromatic rings. The number of nitrogens with zero attached hydrogens (tertiary/aromatic N) is 2. The summed E-state index contributed by atoms with van der Waals surface area (Å²) in [4.78, 5) is 39.6. The molecule has 3 rings (SSSR count). The van der Waals surface area contributed by atoms with Crippen molar-refractivity contribution in [2.24, 2.45) is 5.92 Å². The van der Waals surface area contributed by atoms with Gasteiger partial charge in [-0.05, 0) is 36.6 Å². The molecule has 2 saturated heterocycles. The predicted octanol–water partition coefficient (Wildman–Crippen LogP) is 2.22. The maximum absolute atomic E-state index is 12.7. The highest BCUT2D eigenvalue weighted by atomic mass is 32.2. The van der Waals surface area contributed by atoms with Crippen molar-refractivity contribution in [2.45, 2.75) is 12.8 Å². The zero-order valence-electron chi connectivity index (χ0n) is 15.3. The number of carbonyl (C=O) groups is 3. The number of benzene rings is 1. The molecule has 0 atom stereocenters. The lowest BCUT2D eigenvalue weighted by Gasteiger charge is -2.31. The molecule has 0 aromatic heterocycles. The normalized spacial score (nSPS) is 19.4. The molecule has 0 bridgehead atoms. The number of methoxy groups -OCH3 is 1. The number of aliphatic carboxylic acids is 1. The molecule has 0 unspecified atom stereocenters. The van der Waals surface area contributed by atoms with Crippen LogP contribution in [0.5, 0.6) is 5.75 Å². The molecular formula is C19H20N2O5S2. The lowest BCUT2D eigenvalue weighted by Crippen LogP contribution is -2.46. The predicted molar refractivity (Wildman–Crippen MR) is 110 cm³/mol. The first-order valence-corrected chi connectivity index (χ1v) is 10.0. The first kappa shape index (κ1) is 20.3. The average molecular weight is 421 g/mol. The summed E-state index contributed by atoms with van der Waals surface area (Å²) in [6, 6.07) is 7.31. The standard InChI is InChI=1S/C19H20N2O5S2/c1-26-14-4-2-3-12(9-14)10-15-17(23)21(19(27)28-15)11-16(22)20-7-5-13(6-8-20)18(24)25/h2-4,9-10,13H,5-8,11H2,1H3,(H,24,25). The Morgan fingerprint density at radius 1 is 1.36 bits per heavy atom. The van der Waals surface area contributed by atoms with E-state index in [1.54, 1.807) is 18.1 Å². The Bertz CT molecular complexity index is 846. The van der Waals surface area contributed by atoms with Crippen LogP contribution in [0.1, 0.15) is 18.4 Å². The third kappa shape index (κ3) is 4.53. The molecule has 0 saturated carbocycles. The minimum absolute atomic E-state index is 0.127. The quantitative estimate of drug-likeness (QED) is 0.577. The monoisotopic (exact) mass is 420 g/mol. The van der Waals surface area contributed by atoms with E-state index >= 15 is 0 Å². The molecule has 1 aromatic carbocycles. The summed E-state index contributed by atoms with van der Waals surface area (Å²) in [6.45, 7) is 0.631. The van der Waals surface area contributed by atoms with Crippen molar-refractivity contribution in [3.05, 3.63) is 34.7 Å². The van der Waals surface area contributed by atoms with Crippen LogP contribution < -0.4 is 4.74 Å². The van der Waals surface area contributed by atoms with Crippen LogP contribution in [-0.4, -0.2) is 63.8 Å². The lowest BCUT2D eigenvalue weighted by atomic mass is 9.97. The highest BCUT2D eigenvalue weighted by molar-refractivity contribution is 8.26. The molecular weight excluding hydrogens is 400 g/mol. The maximum Gasteiger partial charge on any atom is 0.306 e. The van der Waals surface area contributed by atoms with E-state index in [0.717, 1.165) is 17.3 Å². The van der Waals surface area contributed by atoms with Crippen molar-refractivity contribution in [2.75, 3.05) is 26.7 Å². The van der Waals surface area contributed by atoms with Crippen molar-refractivity contribution < 1.29 is 24.2 Å². The van der Waals surface area contributed by atoms with Gasteiger partial charge in [-0.25, -0.2) is 0 Å². The summed E-state index contributed by atoms with van der Waals surface area (Å²) < 4.78 is 5.53. The summed E-state index contributed by atoms with van der Waals surface area (Å²) in [7, 11) is 1.57. The first-order chi connectivity index (χ1) is 13.4. The fourth-order valence-electron chi connectivity index (χ4n) is 3.13. The number of carboxylic acids is 1. The number of piperidine rings is 1. The molecule has 2 aliphatic rings. The van der Waals surface area contributed by atoms with Crippen molar-refractivity contribution >= 4 is 52.2 Å². The number of ether oxygens (including phenoxy) is 1. The van der Waals surface area contributed by atoms with Gasteiger partial charge < -0.3 is 14.7 Å². The second kappa shape index (κ2) is 8.74. The first-order valence-electron chi connectivity index (χ1n) is 8.79. The van der Waals surface area contributed by atoms with Gasteiger partial charge in [-0.15, -0.1) is 0 Å². The number of hydrogen-bond acceptors (Lipinski definition) is 6. The van der Waals surface area contributed by atoms with Gasteiger partial charge in [0.2, 0.25) is 5.91 Å². The van der Waals surface area contributed by atoms with Gasteiger partial charge in [0.25, 0.3) is 5.91 Å². The summed E-state index contributed by atoms with van der Waals surface area (Å²) in [5.41, 5.74) is 0.807. The van der Waals surface area contributed by atoms with Crippen LogP contribution in [0.3, 0.4) is 0 Å². The van der Waals surface area contributed by atoms with E-state index < -0.39 is 11.9 Å². The van der Waals surface area contributed by atoms with Gasteiger partial charge in [0.1, 0.15) is 16.6 Å². The molecule has 9 heteroatoms. The smallest absolute Gasteiger partial charge is 0.306 e. The largest absolute Gasteiger partial charge is 0.497 e. The van der Waals surface area contributed by atoms with Crippen LogP contribution in [0.25, 0.3) is 6.08 Å². The second-order valence-corrected chi connectivity index (χ2v) is 8.21. The van der Waals surface area contributed by atoms with E-state index in [4.69, 9.17) is 22.1 Å². The maximum atomic E-state index is 12.7. The minimum Gasteiger partial charge on any atom is -0.497 e. The highest BCUT2D eigenvalue weighted by Gasteiger charge is 2.35.